The van der Waals surface area contributed by atoms with Crippen LogP contribution in [0.1, 0.15) is 53.6 Å². The van der Waals surface area contributed by atoms with Crippen molar-refractivity contribution in [2.45, 2.75) is 49.8 Å². The van der Waals surface area contributed by atoms with E-state index in [1.54, 1.807) is 35.8 Å². The van der Waals surface area contributed by atoms with Crippen LogP contribution in [0.3, 0.4) is 0 Å². The topological polar surface area (TPSA) is 84.6 Å². The van der Waals surface area contributed by atoms with Gasteiger partial charge in [0.15, 0.2) is 0 Å². The summed E-state index contributed by atoms with van der Waals surface area (Å²) in [6.45, 7) is 6.79. The van der Waals surface area contributed by atoms with Gasteiger partial charge in [0.05, 0.1) is 15.4 Å². The molecule has 1 amide bonds. The minimum atomic E-state index is -0.384. The second-order valence-electron chi connectivity index (χ2n) is 11.1. The average Bonchev–Trinajstić information content (AvgIpc) is 3.31. The molecule has 41 heavy (non-hydrogen) atoms. The summed E-state index contributed by atoms with van der Waals surface area (Å²) in [5.74, 6) is 0.333. The summed E-state index contributed by atoms with van der Waals surface area (Å²) >= 11 is 8.83. The molecule has 1 aliphatic rings. The van der Waals surface area contributed by atoms with Crippen LogP contribution >= 0.6 is 34.7 Å². The molecule has 3 aromatic carbocycles. The summed E-state index contributed by atoms with van der Waals surface area (Å²) in [5.41, 5.74) is 3.14. The zero-order valence-electron chi connectivity index (χ0n) is 23.0. The summed E-state index contributed by atoms with van der Waals surface area (Å²) in [6.07, 6.45) is 4.36. The van der Waals surface area contributed by atoms with Crippen LogP contribution in [0.15, 0.2) is 87.6 Å². The number of hydrogen-bond donors (Lipinski definition) is 1. The van der Waals surface area contributed by atoms with Gasteiger partial charge in [0.2, 0.25) is 0 Å². The molecule has 6 nitrogen and oxygen atoms in total. The average molecular weight is 604 g/mol. The summed E-state index contributed by atoms with van der Waals surface area (Å²) < 4.78 is 0. The number of benzene rings is 3. The number of anilines is 1. The van der Waals surface area contributed by atoms with E-state index in [1.807, 2.05) is 48.5 Å². The van der Waals surface area contributed by atoms with E-state index in [4.69, 9.17) is 16.6 Å². The van der Waals surface area contributed by atoms with Crippen LogP contribution in [0.25, 0.3) is 0 Å². The highest BCUT2D eigenvalue weighted by molar-refractivity contribution is 7.99. The molecule has 1 N–H and O–H groups in total. The van der Waals surface area contributed by atoms with Crippen molar-refractivity contribution in [1.29, 1.82) is 0 Å². The normalized spacial score (nSPS) is 15.1. The molecular weight excluding hydrogens is 574 g/mol. The van der Waals surface area contributed by atoms with Gasteiger partial charge in [0.1, 0.15) is 5.00 Å². The van der Waals surface area contributed by atoms with E-state index in [9.17, 15) is 14.9 Å². The number of para-hydroxylation sites is 1. The Morgan fingerprint density at radius 1 is 1.12 bits per heavy atom. The number of fused-ring (bicyclic) bond motifs is 1. The third kappa shape index (κ3) is 6.89. The highest BCUT2D eigenvalue weighted by Crippen LogP contribution is 2.45. The lowest BCUT2D eigenvalue weighted by Gasteiger charge is -2.33. The van der Waals surface area contributed by atoms with Gasteiger partial charge in [-0.15, -0.1) is 11.3 Å². The van der Waals surface area contributed by atoms with Gasteiger partial charge in [-0.3, -0.25) is 14.9 Å². The number of halogens is 1. The molecule has 1 heterocycles. The van der Waals surface area contributed by atoms with Gasteiger partial charge in [0.25, 0.3) is 11.6 Å². The van der Waals surface area contributed by atoms with Crippen LogP contribution in [0.2, 0.25) is 5.02 Å². The number of amides is 1. The molecule has 0 bridgehead atoms. The number of rotatable bonds is 7. The van der Waals surface area contributed by atoms with Gasteiger partial charge in [0, 0.05) is 32.8 Å². The Labute approximate surface area is 253 Å². The maximum atomic E-state index is 13.6. The van der Waals surface area contributed by atoms with Gasteiger partial charge in [-0.2, -0.15) is 0 Å². The molecule has 0 unspecified atom stereocenters. The zero-order valence-corrected chi connectivity index (χ0v) is 25.4. The quantitative estimate of drug-likeness (QED) is 0.129. The molecule has 1 aromatic heterocycles. The van der Waals surface area contributed by atoms with E-state index in [-0.39, 0.29) is 21.9 Å². The van der Waals surface area contributed by atoms with E-state index in [0.29, 0.717) is 32.0 Å². The first-order valence-electron chi connectivity index (χ1n) is 13.4. The number of nitro benzene ring substituents is 1. The van der Waals surface area contributed by atoms with Crippen molar-refractivity contribution in [1.82, 2.24) is 0 Å². The van der Waals surface area contributed by atoms with Gasteiger partial charge < -0.3 is 5.32 Å². The molecule has 0 saturated heterocycles. The third-order valence-corrected chi connectivity index (χ3v) is 9.77. The molecule has 0 saturated carbocycles. The SMILES string of the molecule is CC(C)(C)[C@H]1CCc2c(sc(N=Cc3ccc(Sc4ccc(Cl)cc4)c([N+](=O)[O-])c3)c2C(=O)Nc2ccccc2)C1. The molecular formula is C32H30ClN3O3S2. The molecule has 210 valence electrons. The highest BCUT2D eigenvalue weighted by Gasteiger charge is 2.33. The monoisotopic (exact) mass is 603 g/mol. The van der Waals surface area contributed by atoms with Crippen molar-refractivity contribution < 1.29 is 9.72 Å². The largest absolute Gasteiger partial charge is 0.322 e. The fourth-order valence-electron chi connectivity index (χ4n) is 4.96. The lowest BCUT2D eigenvalue weighted by molar-refractivity contribution is -0.387. The minimum absolute atomic E-state index is 0.00515. The van der Waals surface area contributed by atoms with Crippen LogP contribution in [-0.2, 0) is 12.8 Å². The first kappa shape index (κ1) is 29.0. The number of carbonyl (C=O) groups is 1. The first-order chi connectivity index (χ1) is 19.6. The standard InChI is InChI=1S/C32H30ClN3O3S2/c1-32(2,3)21-10-15-25-28(18-21)41-31(29(25)30(37)35-23-7-5-4-6-8-23)34-19-20-9-16-27(26(17-20)36(38)39)40-24-13-11-22(33)12-14-24/h4-9,11-14,16-17,19,21H,10,15,18H2,1-3H3,(H,35,37)/t21-/m0/s1. The molecule has 5 rings (SSSR count). The number of nitrogens with one attached hydrogen (secondary N) is 1. The Morgan fingerprint density at radius 3 is 2.54 bits per heavy atom. The summed E-state index contributed by atoms with van der Waals surface area (Å²) in [7, 11) is 0. The number of thiophene rings is 1. The molecule has 9 heteroatoms. The Bertz CT molecular complexity index is 1610. The Morgan fingerprint density at radius 2 is 1.85 bits per heavy atom. The van der Waals surface area contributed by atoms with Crippen molar-refractivity contribution in [3.05, 3.63) is 110 Å². The number of hydrogen-bond acceptors (Lipinski definition) is 6. The summed E-state index contributed by atoms with van der Waals surface area (Å²) in [5, 5.41) is 16.2. The lowest BCUT2D eigenvalue weighted by Crippen LogP contribution is -2.27. The van der Waals surface area contributed by atoms with Gasteiger partial charge in [-0.1, -0.05) is 68.4 Å². The third-order valence-electron chi connectivity index (χ3n) is 7.28. The van der Waals surface area contributed by atoms with E-state index in [2.05, 4.69) is 26.1 Å². The maximum Gasteiger partial charge on any atom is 0.283 e. The number of carbonyl (C=O) groups excluding carboxylic acids is 1. The molecule has 1 aliphatic carbocycles. The predicted octanol–water partition coefficient (Wildman–Crippen LogP) is 9.61. The van der Waals surface area contributed by atoms with E-state index >= 15 is 0 Å². The number of aliphatic imine (C=N–C) groups is 1. The summed E-state index contributed by atoms with van der Waals surface area (Å²) in [4.78, 5) is 32.4. The first-order valence-corrected chi connectivity index (χ1v) is 15.4. The van der Waals surface area contributed by atoms with Gasteiger partial charge in [-0.05, 0) is 84.2 Å². The van der Waals surface area contributed by atoms with Crippen molar-refractivity contribution in [2.24, 2.45) is 16.3 Å². The second kappa shape index (κ2) is 12.2. The molecule has 4 aromatic rings. The zero-order chi connectivity index (χ0) is 29.1. The van der Waals surface area contributed by atoms with Crippen molar-refractivity contribution >= 4 is 63.2 Å². The van der Waals surface area contributed by atoms with Crippen LogP contribution in [0.4, 0.5) is 16.4 Å². The van der Waals surface area contributed by atoms with E-state index < -0.39 is 0 Å². The fourth-order valence-corrected chi connectivity index (χ4v) is 7.25. The second-order valence-corrected chi connectivity index (χ2v) is 13.7. The number of nitrogens with zero attached hydrogens (tertiary/aromatic N) is 2. The number of nitro groups is 1. The van der Waals surface area contributed by atoms with Crippen LogP contribution < -0.4 is 5.32 Å². The van der Waals surface area contributed by atoms with Crippen molar-refractivity contribution in [3.8, 4) is 0 Å². The van der Waals surface area contributed by atoms with Gasteiger partial charge in [-0.25, -0.2) is 4.99 Å². The predicted molar refractivity (Wildman–Crippen MR) is 170 cm³/mol. The minimum Gasteiger partial charge on any atom is -0.322 e. The molecule has 0 aliphatic heterocycles. The van der Waals surface area contributed by atoms with Gasteiger partial charge >= 0.3 is 0 Å². The Hall–Kier alpha value is -3.46. The van der Waals surface area contributed by atoms with E-state index in [1.165, 1.54) is 22.7 Å². The highest BCUT2D eigenvalue weighted by atomic mass is 35.5. The van der Waals surface area contributed by atoms with E-state index in [0.717, 1.165) is 35.4 Å². The molecule has 0 spiro atoms. The van der Waals surface area contributed by atoms with Crippen LogP contribution in [0.5, 0.6) is 0 Å². The maximum absolute atomic E-state index is 13.6. The smallest absolute Gasteiger partial charge is 0.283 e. The Kier molecular flexibility index (Phi) is 8.63. The molecule has 1 atom stereocenters. The van der Waals surface area contributed by atoms with Crippen LogP contribution in [-0.4, -0.2) is 17.0 Å². The van der Waals surface area contributed by atoms with Crippen LogP contribution in [0, 0.1) is 21.4 Å². The fraction of sp³-hybridized carbons (Fsp3) is 0.250. The molecule has 0 fully saturated rings. The van der Waals surface area contributed by atoms with Crippen molar-refractivity contribution in [2.75, 3.05) is 5.32 Å². The van der Waals surface area contributed by atoms with Crippen molar-refractivity contribution in [3.63, 3.8) is 0 Å². The molecule has 0 radical (unpaired) electrons. The lowest BCUT2D eigenvalue weighted by atomic mass is 9.72. The summed E-state index contributed by atoms with van der Waals surface area (Å²) in [6, 6.07) is 21.6. The Balaban J connectivity index is 1.47.